The standard InChI is InChI=1S/C69H41N5O/c1-3-15-42(16-4-1)43-27-29-45(30-28-43)67-70-68(72-69(71-67)49-31-34-54-52-23-13-14-26-58(52)73(60(54)40-49)50-20-5-2-6-21-50)48-33-36-63-57(38-48)66-55-25-12-11-24-53(55)62(41-64(66)75-63)74-59-35-32-44-17-9-10-22-51(44)65(59)56-37-46-18-7-8-19-47(46)39-61(56)74/h1-41H. The molecule has 0 aliphatic carbocycles. The summed E-state index contributed by atoms with van der Waals surface area (Å²) in [7, 11) is 0. The highest BCUT2D eigenvalue weighted by molar-refractivity contribution is 6.26. The minimum Gasteiger partial charge on any atom is -0.456 e. The molecule has 12 aromatic carbocycles. The third kappa shape index (κ3) is 6.43. The molecule has 0 aliphatic rings. The average molecular weight is 956 g/mol. The molecule has 16 aromatic rings. The van der Waals surface area contributed by atoms with E-state index in [0.717, 1.165) is 99.4 Å². The van der Waals surface area contributed by atoms with Gasteiger partial charge in [-0.25, -0.2) is 15.0 Å². The Kier molecular flexibility index (Phi) is 8.94. The van der Waals surface area contributed by atoms with Crippen LogP contribution in [0.25, 0.3) is 155 Å². The molecule has 0 N–H and O–H groups in total. The van der Waals surface area contributed by atoms with E-state index in [4.69, 9.17) is 19.4 Å². The Balaban J connectivity index is 0.902. The maximum absolute atomic E-state index is 6.93. The van der Waals surface area contributed by atoms with Crippen molar-refractivity contribution in [3.05, 3.63) is 249 Å². The lowest BCUT2D eigenvalue weighted by Gasteiger charge is -2.13. The number of hydrogen-bond donors (Lipinski definition) is 0. The monoisotopic (exact) mass is 955 g/mol. The molecular weight excluding hydrogens is 915 g/mol. The number of hydrogen-bond acceptors (Lipinski definition) is 4. The van der Waals surface area contributed by atoms with Crippen LogP contribution in [0.15, 0.2) is 253 Å². The molecule has 4 heterocycles. The summed E-state index contributed by atoms with van der Waals surface area (Å²) in [6, 6.07) is 88.6. The molecule has 16 rings (SSSR count). The van der Waals surface area contributed by atoms with E-state index in [9.17, 15) is 0 Å². The summed E-state index contributed by atoms with van der Waals surface area (Å²) >= 11 is 0. The molecule has 0 atom stereocenters. The molecule has 348 valence electrons. The SMILES string of the molecule is c1ccc(-c2ccc(-c3nc(-c4ccc5oc6cc(-n7c8cc9ccccc9cc8c8c9ccccc9ccc87)c7ccccc7c6c5c4)nc(-c4ccc5c6ccccc6n(-c6ccccc6)c5c4)n3)cc2)cc1. The quantitative estimate of drug-likeness (QED) is 0.167. The van der Waals surface area contributed by atoms with Gasteiger partial charge in [-0.05, 0) is 98.7 Å². The van der Waals surface area contributed by atoms with Crippen molar-refractivity contribution >= 4 is 97.9 Å². The number of para-hydroxylation sites is 2. The van der Waals surface area contributed by atoms with Gasteiger partial charge in [-0.3, -0.25) is 0 Å². The zero-order chi connectivity index (χ0) is 49.1. The van der Waals surface area contributed by atoms with Gasteiger partial charge in [0, 0.05) is 66.1 Å². The fourth-order valence-electron chi connectivity index (χ4n) is 11.8. The van der Waals surface area contributed by atoms with E-state index in [0.29, 0.717) is 17.5 Å². The molecule has 0 radical (unpaired) electrons. The minimum atomic E-state index is 0.577. The molecule has 0 saturated heterocycles. The number of furan rings is 1. The molecule has 0 fully saturated rings. The van der Waals surface area contributed by atoms with Crippen molar-refractivity contribution in [2.45, 2.75) is 0 Å². The Morgan fingerprint density at radius 3 is 1.61 bits per heavy atom. The van der Waals surface area contributed by atoms with Crippen LogP contribution in [0.4, 0.5) is 0 Å². The van der Waals surface area contributed by atoms with Gasteiger partial charge in [0.15, 0.2) is 17.5 Å². The molecule has 0 spiro atoms. The molecule has 6 heteroatoms. The zero-order valence-electron chi connectivity index (χ0n) is 40.3. The smallest absolute Gasteiger partial charge is 0.164 e. The Bertz CT molecular complexity index is 4990. The van der Waals surface area contributed by atoms with Gasteiger partial charge in [0.1, 0.15) is 11.2 Å². The fraction of sp³-hybridized carbons (Fsp3) is 0. The molecule has 75 heavy (non-hydrogen) atoms. The van der Waals surface area contributed by atoms with E-state index in [1.807, 2.05) is 6.07 Å². The van der Waals surface area contributed by atoms with Crippen molar-refractivity contribution in [3.8, 4) is 56.7 Å². The van der Waals surface area contributed by atoms with E-state index in [1.165, 1.54) is 37.7 Å². The van der Waals surface area contributed by atoms with Crippen molar-refractivity contribution in [3.63, 3.8) is 0 Å². The summed E-state index contributed by atoms with van der Waals surface area (Å²) in [5, 5.41) is 14.0. The van der Waals surface area contributed by atoms with Crippen LogP contribution in [-0.4, -0.2) is 24.1 Å². The molecule has 6 nitrogen and oxygen atoms in total. The van der Waals surface area contributed by atoms with Gasteiger partial charge in [0.05, 0.1) is 27.8 Å². The molecule has 0 bridgehead atoms. The number of fused-ring (bicyclic) bond motifs is 14. The van der Waals surface area contributed by atoms with Gasteiger partial charge in [0.2, 0.25) is 0 Å². The van der Waals surface area contributed by atoms with Gasteiger partial charge < -0.3 is 13.6 Å². The fourth-order valence-corrected chi connectivity index (χ4v) is 11.8. The zero-order valence-corrected chi connectivity index (χ0v) is 40.3. The first kappa shape index (κ1) is 41.4. The Morgan fingerprint density at radius 1 is 0.267 bits per heavy atom. The lowest BCUT2D eigenvalue weighted by Crippen LogP contribution is -2.00. The lowest BCUT2D eigenvalue weighted by atomic mass is 10.0. The van der Waals surface area contributed by atoms with E-state index in [1.54, 1.807) is 0 Å². The predicted octanol–water partition coefficient (Wildman–Crippen LogP) is 18.1. The van der Waals surface area contributed by atoms with Crippen LogP contribution >= 0.6 is 0 Å². The third-order valence-electron chi connectivity index (χ3n) is 15.3. The van der Waals surface area contributed by atoms with Crippen molar-refractivity contribution in [2.24, 2.45) is 0 Å². The van der Waals surface area contributed by atoms with E-state index < -0.39 is 0 Å². The van der Waals surface area contributed by atoms with E-state index in [-0.39, 0.29) is 0 Å². The van der Waals surface area contributed by atoms with Crippen LogP contribution in [0.1, 0.15) is 0 Å². The van der Waals surface area contributed by atoms with Crippen LogP contribution in [0.5, 0.6) is 0 Å². The van der Waals surface area contributed by atoms with Crippen molar-refractivity contribution < 1.29 is 4.42 Å². The first-order valence-corrected chi connectivity index (χ1v) is 25.4. The second-order valence-corrected chi connectivity index (χ2v) is 19.5. The maximum Gasteiger partial charge on any atom is 0.164 e. The number of aromatic nitrogens is 5. The van der Waals surface area contributed by atoms with Gasteiger partial charge in [0.25, 0.3) is 0 Å². The Hall–Kier alpha value is -10.2. The van der Waals surface area contributed by atoms with Crippen molar-refractivity contribution in [1.82, 2.24) is 24.1 Å². The number of nitrogens with zero attached hydrogens (tertiary/aromatic N) is 5. The van der Waals surface area contributed by atoms with Gasteiger partial charge in [-0.1, -0.05) is 182 Å². The van der Waals surface area contributed by atoms with Gasteiger partial charge in [-0.2, -0.15) is 0 Å². The topological polar surface area (TPSA) is 61.7 Å². The van der Waals surface area contributed by atoms with Crippen LogP contribution in [0, 0.1) is 0 Å². The number of benzene rings is 12. The lowest BCUT2D eigenvalue weighted by molar-refractivity contribution is 0.669. The third-order valence-corrected chi connectivity index (χ3v) is 15.3. The molecular formula is C69H41N5O. The van der Waals surface area contributed by atoms with Gasteiger partial charge >= 0.3 is 0 Å². The molecule has 4 aromatic heterocycles. The van der Waals surface area contributed by atoms with Crippen LogP contribution in [0.3, 0.4) is 0 Å². The molecule has 0 amide bonds. The maximum atomic E-state index is 6.93. The second kappa shape index (κ2) is 16.2. The average Bonchev–Trinajstić information content (AvgIpc) is 4.16. The van der Waals surface area contributed by atoms with Crippen LogP contribution < -0.4 is 0 Å². The van der Waals surface area contributed by atoms with E-state index in [2.05, 4.69) is 252 Å². The summed E-state index contributed by atoms with van der Waals surface area (Å²) in [4.78, 5) is 15.9. The highest BCUT2D eigenvalue weighted by Crippen LogP contribution is 2.44. The second-order valence-electron chi connectivity index (χ2n) is 19.5. The number of rotatable bonds is 6. The normalized spacial score (nSPS) is 12.0. The van der Waals surface area contributed by atoms with Crippen LogP contribution in [0.2, 0.25) is 0 Å². The summed E-state index contributed by atoms with van der Waals surface area (Å²) in [6.07, 6.45) is 0. The summed E-state index contributed by atoms with van der Waals surface area (Å²) in [5.41, 5.74) is 13.2. The summed E-state index contributed by atoms with van der Waals surface area (Å²) < 4.78 is 11.7. The molecule has 0 saturated carbocycles. The Morgan fingerprint density at radius 2 is 0.827 bits per heavy atom. The molecule has 0 aliphatic heterocycles. The van der Waals surface area contributed by atoms with Crippen molar-refractivity contribution in [1.29, 1.82) is 0 Å². The van der Waals surface area contributed by atoms with Gasteiger partial charge in [-0.15, -0.1) is 0 Å². The predicted molar refractivity (Wildman–Crippen MR) is 310 cm³/mol. The summed E-state index contributed by atoms with van der Waals surface area (Å²) in [6.45, 7) is 0. The first-order chi connectivity index (χ1) is 37.2. The Labute approximate surface area is 429 Å². The first-order valence-electron chi connectivity index (χ1n) is 25.4. The van der Waals surface area contributed by atoms with Crippen LogP contribution in [-0.2, 0) is 0 Å². The molecule has 0 unspecified atom stereocenters. The largest absolute Gasteiger partial charge is 0.456 e. The highest BCUT2D eigenvalue weighted by atomic mass is 16.3. The minimum absolute atomic E-state index is 0.577. The van der Waals surface area contributed by atoms with Crippen molar-refractivity contribution in [2.75, 3.05) is 0 Å². The van der Waals surface area contributed by atoms with E-state index >= 15 is 0 Å². The highest BCUT2D eigenvalue weighted by Gasteiger charge is 2.23. The summed E-state index contributed by atoms with van der Waals surface area (Å²) in [5.74, 6) is 1.76.